The molecule has 29 heavy (non-hydrogen) atoms. The Kier molecular flexibility index (Phi) is 7.02. The summed E-state index contributed by atoms with van der Waals surface area (Å²) in [6.45, 7) is -2.46. The Balaban J connectivity index is 1.81. The first-order chi connectivity index (χ1) is 13.6. The molecule has 0 bridgehead atoms. The molecule has 9 nitrogen and oxygen atoms in total. The average Bonchev–Trinajstić information content (AvgIpc) is 3.06. The topological polar surface area (TPSA) is 114 Å². The molecule has 158 valence electrons. The van der Waals surface area contributed by atoms with Crippen LogP contribution in [0, 0.1) is 5.92 Å². The second-order valence-electron chi connectivity index (χ2n) is 6.06. The highest BCUT2D eigenvalue weighted by Crippen LogP contribution is 2.28. The number of rotatable bonds is 6. The molecule has 1 unspecified atom stereocenters. The number of urea groups is 1. The number of nitrogens with one attached hydrogen (secondary N) is 2. The van der Waals surface area contributed by atoms with Gasteiger partial charge in [-0.25, -0.2) is 4.79 Å². The Morgan fingerprint density at radius 2 is 2.00 bits per heavy atom. The van der Waals surface area contributed by atoms with Gasteiger partial charge in [0.1, 0.15) is 12.3 Å². The first kappa shape index (κ1) is 22.0. The zero-order valence-corrected chi connectivity index (χ0v) is 15.2. The van der Waals surface area contributed by atoms with Gasteiger partial charge in [0.05, 0.1) is 13.0 Å². The standard InChI is InChI=1S/C17H18F3N3O6/c1-28-12-4-2-3-11(6-12)23-7-10(5-14(23)25)15(26)29-8-13(24)22-16(27)21-9-17(18,19)20/h2-4,6,10H,5,7-9H2,1H3,(H2,21,22,24,27). The van der Waals surface area contributed by atoms with Gasteiger partial charge in [0, 0.05) is 24.7 Å². The van der Waals surface area contributed by atoms with Gasteiger partial charge in [0.2, 0.25) is 5.91 Å². The lowest BCUT2D eigenvalue weighted by molar-refractivity contribution is -0.152. The fraction of sp³-hybridized carbons (Fsp3) is 0.412. The van der Waals surface area contributed by atoms with Crippen LogP contribution in [0.15, 0.2) is 24.3 Å². The predicted molar refractivity (Wildman–Crippen MR) is 92.0 cm³/mol. The van der Waals surface area contributed by atoms with E-state index in [0.717, 1.165) is 0 Å². The molecule has 1 aromatic rings. The Hall–Kier alpha value is -3.31. The maximum Gasteiger partial charge on any atom is 0.405 e. The largest absolute Gasteiger partial charge is 0.497 e. The number of anilines is 1. The first-order valence-corrected chi connectivity index (χ1v) is 8.34. The van der Waals surface area contributed by atoms with Gasteiger partial charge >= 0.3 is 18.2 Å². The fourth-order valence-corrected chi connectivity index (χ4v) is 2.54. The summed E-state index contributed by atoms with van der Waals surface area (Å²) in [6, 6.07) is 5.30. The van der Waals surface area contributed by atoms with Gasteiger partial charge in [0.15, 0.2) is 6.61 Å². The molecule has 1 aromatic carbocycles. The van der Waals surface area contributed by atoms with E-state index in [1.165, 1.54) is 17.3 Å². The number of amides is 4. The second kappa shape index (κ2) is 9.26. The Bertz CT molecular complexity index is 799. The van der Waals surface area contributed by atoms with Crippen molar-refractivity contribution in [2.75, 3.05) is 31.7 Å². The zero-order valence-electron chi connectivity index (χ0n) is 15.2. The van der Waals surface area contributed by atoms with Crippen LogP contribution in [0.1, 0.15) is 6.42 Å². The van der Waals surface area contributed by atoms with Crippen LogP contribution in [-0.2, 0) is 19.1 Å². The minimum absolute atomic E-state index is 0.0263. The minimum Gasteiger partial charge on any atom is -0.497 e. The van der Waals surface area contributed by atoms with E-state index in [1.54, 1.807) is 29.6 Å². The summed E-state index contributed by atoms with van der Waals surface area (Å²) >= 11 is 0. The molecule has 1 atom stereocenters. The van der Waals surface area contributed by atoms with Crippen molar-refractivity contribution in [1.29, 1.82) is 0 Å². The van der Waals surface area contributed by atoms with Crippen LogP contribution in [-0.4, -0.2) is 56.8 Å². The molecule has 2 N–H and O–H groups in total. The Labute approximate surface area is 163 Å². The third-order valence-corrected chi connectivity index (χ3v) is 3.87. The van der Waals surface area contributed by atoms with Crippen molar-refractivity contribution >= 4 is 29.5 Å². The maximum atomic E-state index is 12.2. The number of carbonyl (C=O) groups excluding carboxylic acids is 4. The van der Waals surface area contributed by atoms with Gasteiger partial charge in [-0.2, -0.15) is 13.2 Å². The van der Waals surface area contributed by atoms with Crippen LogP contribution in [0.5, 0.6) is 5.75 Å². The molecular formula is C17H18F3N3O6. The summed E-state index contributed by atoms with van der Waals surface area (Å²) in [5, 5.41) is 3.03. The van der Waals surface area contributed by atoms with E-state index in [0.29, 0.717) is 11.4 Å². The Morgan fingerprint density at radius 3 is 2.66 bits per heavy atom. The number of hydrogen-bond acceptors (Lipinski definition) is 6. The lowest BCUT2D eigenvalue weighted by Crippen LogP contribution is -2.44. The van der Waals surface area contributed by atoms with Gasteiger partial charge in [-0.1, -0.05) is 6.07 Å². The van der Waals surface area contributed by atoms with Crippen molar-refractivity contribution in [3.05, 3.63) is 24.3 Å². The van der Waals surface area contributed by atoms with E-state index in [4.69, 9.17) is 9.47 Å². The summed E-state index contributed by atoms with van der Waals surface area (Å²) in [7, 11) is 1.47. The summed E-state index contributed by atoms with van der Waals surface area (Å²) < 4.78 is 45.8. The van der Waals surface area contributed by atoms with E-state index in [1.807, 2.05) is 0 Å². The number of imide groups is 1. The van der Waals surface area contributed by atoms with E-state index < -0.39 is 43.2 Å². The van der Waals surface area contributed by atoms with Crippen molar-refractivity contribution in [3.63, 3.8) is 0 Å². The van der Waals surface area contributed by atoms with Gasteiger partial charge in [0.25, 0.3) is 5.91 Å². The lowest BCUT2D eigenvalue weighted by atomic mass is 10.1. The van der Waals surface area contributed by atoms with Crippen molar-refractivity contribution in [3.8, 4) is 5.75 Å². The SMILES string of the molecule is COc1cccc(N2CC(C(=O)OCC(=O)NC(=O)NCC(F)(F)F)CC2=O)c1. The molecule has 1 aliphatic rings. The monoisotopic (exact) mass is 417 g/mol. The Morgan fingerprint density at radius 1 is 1.28 bits per heavy atom. The number of methoxy groups -OCH3 is 1. The number of hydrogen-bond donors (Lipinski definition) is 2. The van der Waals surface area contributed by atoms with Crippen molar-refractivity contribution < 1.29 is 41.8 Å². The van der Waals surface area contributed by atoms with Crippen molar-refractivity contribution in [2.45, 2.75) is 12.6 Å². The van der Waals surface area contributed by atoms with E-state index in [2.05, 4.69) is 0 Å². The summed E-state index contributed by atoms with van der Waals surface area (Å²) in [5.74, 6) is -2.57. The number of esters is 1. The van der Waals surface area contributed by atoms with Crippen molar-refractivity contribution in [1.82, 2.24) is 10.6 Å². The average molecular weight is 417 g/mol. The summed E-state index contributed by atoms with van der Waals surface area (Å²) in [5.41, 5.74) is 0.531. The number of benzene rings is 1. The van der Waals surface area contributed by atoms with Gasteiger partial charge in [-0.15, -0.1) is 0 Å². The van der Waals surface area contributed by atoms with Crippen LogP contribution in [0.4, 0.5) is 23.7 Å². The quantitative estimate of drug-likeness (QED) is 0.667. The highest BCUT2D eigenvalue weighted by molar-refractivity contribution is 6.00. The highest BCUT2D eigenvalue weighted by Gasteiger charge is 2.36. The summed E-state index contributed by atoms with van der Waals surface area (Å²) in [4.78, 5) is 48.3. The third-order valence-electron chi connectivity index (χ3n) is 3.87. The maximum absolute atomic E-state index is 12.2. The molecule has 0 aliphatic carbocycles. The van der Waals surface area contributed by atoms with E-state index in [9.17, 15) is 32.3 Å². The van der Waals surface area contributed by atoms with Crippen LogP contribution in [0.3, 0.4) is 0 Å². The third kappa shape index (κ3) is 6.66. The molecule has 4 amide bonds. The van der Waals surface area contributed by atoms with Gasteiger partial charge < -0.3 is 19.7 Å². The lowest BCUT2D eigenvalue weighted by Gasteiger charge is -2.17. The predicted octanol–water partition coefficient (Wildman–Crippen LogP) is 0.979. The highest BCUT2D eigenvalue weighted by atomic mass is 19.4. The molecule has 1 aliphatic heterocycles. The molecule has 1 heterocycles. The molecule has 2 rings (SSSR count). The van der Waals surface area contributed by atoms with Crippen molar-refractivity contribution in [2.24, 2.45) is 5.92 Å². The molecule has 1 fully saturated rings. The van der Waals surface area contributed by atoms with Crippen LogP contribution in [0.2, 0.25) is 0 Å². The number of carbonyl (C=O) groups is 4. The molecule has 0 saturated carbocycles. The number of halogens is 3. The van der Waals surface area contributed by atoms with Crippen LogP contribution >= 0.6 is 0 Å². The number of nitrogens with zero attached hydrogens (tertiary/aromatic N) is 1. The molecule has 0 spiro atoms. The smallest absolute Gasteiger partial charge is 0.405 e. The normalized spacial score (nSPS) is 16.3. The molecule has 1 saturated heterocycles. The van der Waals surface area contributed by atoms with Crippen LogP contribution in [0.25, 0.3) is 0 Å². The van der Waals surface area contributed by atoms with Crippen LogP contribution < -0.4 is 20.3 Å². The second-order valence-corrected chi connectivity index (χ2v) is 6.06. The molecule has 0 aromatic heterocycles. The molecule has 0 radical (unpaired) electrons. The summed E-state index contributed by atoms with van der Waals surface area (Å²) in [6.07, 6.45) is -4.76. The van der Waals surface area contributed by atoms with Gasteiger partial charge in [-0.3, -0.25) is 19.7 Å². The molecular weight excluding hydrogens is 399 g/mol. The van der Waals surface area contributed by atoms with Gasteiger partial charge in [-0.05, 0) is 12.1 Å². The zero-order chi connectivity index (χ0) is 21.6. The van der Waals surface area contributed by atoms with E-state index >= 15 is 0 Å². The minimum atomic E-state index is -4.63. The van der Waals surface area contributed by atoms with E-state index in [-0.39, 0.29) is 18.9 Å². The number of ether oxygens (including phenoxy) is 2. The first-order valence-electron chi connectivity index (χ1n) is 8.34. The molecule has 12 heteroatoms. The number of alkyl halides is 3. The fourth-order valence-electron chi connectivity index (χ4n) is 2.54.